The number of aromatic nitrogens is 1. The van der Waals surface area contributed by atoms with Crippen molar-refractivity contribution in [3.63, 3.8) is 0 Å². The third-order valence-electron chi connectivity index (χ3n) is 13.4. The van der Waals surface area contributed by atoms with E-state index in [4.69, 9.17) is 33.7 Å². The van der Waals surface area contributed by atoms with Crippen molar-refractivity contribution in [3.05, 3.63) is 126 Å². The monoisotopic (exact) mass is 873 g/mol. The van der Waals surface area contributed by atoms with Crippen molar-refractivity contribution in [2.75, 3.05) is 33.5 Å². The van der Waals surface area contributed by atoms with E-state index in [1.165, 1.54) is 7.11 Å². The number of rotatable bonds is 19. The average molecular weight is 874 g/mol. The molecule has 7 unspecified atom stereocenters. The SMILES string of the molecule is C=CCOC12Oc3ccc(OCc4cccc(C)n4)cc3C3C(CCCCO)C(CCCCO)C=C(C(=NOC4CCCCO4)CC1N(Cc1cccc4ccccc14)C(=O)OC)C32. The number of fused-ring (bicyclic) bond motifs is 3. The molecule has 0 bridgehead atoms. The maximum absolute atomic E-state index is 14.5. The molecule has 340 valence electrons. The fourth-order valence-corrected chi connectivity index (χ4v) is 10.5. The van der Waals surface area contributed by atoms with Gasteiger partial charge in [-0.1, -0.05) is 78.7 Å². The summed E-state index contributed by atoms with van der Waals surface area (Å²) in [5.41, 5.74) is 5.31. The van der Waals surface area contributed by atoms with Gasteiger partial charge in [-0.05, 0) is 110 Å². The number of benzene rings is 3. The highest BCUT2D eigenvalue weighted by atomic mass is 16.8. The van der Waals surface area contributed by atoms with Crippen LogP contribution in [-0.4, -0.2) is 83.6 Å². The topological polar surface area (TPSA) is 141 Å². The van der Waals surface area contributed by atoms with Gasteiger partial charge in [0.25, 0.3) is 0 Å². The van der Waals surface area contributed by atoms with Gasteiger partial charge in [0.15, 0.2) is 0 Å². The van der Waals surface area contributed by atoms with Gasteiger partial charge in [-0.3, -0.25) is 9.88 Å². The number of oxime groups is 1. The number of unbranched alkanes of at least 4 members (excludes halogenated alkanes) is 2. The van der Waals surface area contributed by atoms with E-state index in [0.717, 1.165) is 83.8 Å². The molecule has 12 nitrogen and oxygen atoms in total. The van der Waals surface area contributed by atoms with Crippen LogP contribution >= 0.6 is 0 Å². The van der Waals surface area contributed by atoms with Gasteiger partial charge in [-0.15, -0.1) is 6.58 Å². The number of allylic oxidation sites excluding steroid dienone is 1. The fourth-order valence-electron chi connectivity index (χ4n) is 10.5. The summed E-state index contributed by atoms with van der Waals surface area (Å²) in [6.45, 7) is 7.48. The van der Waals surface area contributed by atoms with Crippen LogP contribution in [-0.2, 0) is 32.2 Å². The minimum atomic E-state index is -1.45. The highest BCUT2D eigenvalue weighted by Crippen LogP contribution is 2.62. The van der Waals surface area contributed by atoms with E-state index in [2.05, 4.69) is 41.9 Å². The molecule has 64 heavy (non-hydrogen) atoms. The minimum Gasteiger partial charge on any atom is -0.487 e. The van der Waals surface area contributed by atoms with E-state index in [-0.39, 0.29) is 50.5 Å². The molecule has 1 aromatic heterocycles. The summed E-state index contributed by atoms with van der Waals surface area (Å²) in [4.78, 5) is 27.3. The zero-order valence-corrected chi connectivity index (χ0v) is 37.2. The highest BCUT2D eigenvalue weighted by Gasteiger charge is 2.65. The van der Waals surface area contributed by atoms with Crippen LogP contribution in [0.25, 0.3) is 10.8 Å². The molecule has 0 radical (unpaired) electrons. The number of carbonyl (C=O) groups is 1. The number of hydrogen-bond donors (Lipinski definition) is 2. The summed E-state index contributed by atoms with van der Waals surface area (Å²) in [5, 5.41) is 27.1. The molecule has 7 atom stereocenters. The van der Waals surface area contributed by atoms with Gasteiger partial charge in [-0.2, -0.15) is 0 Å². The zero-order valence-electron chi connectivity index (χ0n) is 37.2. The summed E-state index contributed by atoms with van der Waals surface area (Å²) in [6.07, 6.45) is 10.6. The van der Waals surface area contributed by atoms with Gasteiger partial charge >= 0.3 is 6.09 Å². The molecule has 2 aliphatic heterocycles. The van der Waals surface area contributed by atoms with Crippen LogP contribution in [0.1, 0.15) is 92.6 Å². The van der Waals surface area contributed by atoms with E-state index in [9.17, 15) is 15.0 Å². The quantitative estimate of drug-likeness (QED) is 0.0532. The van der Waals surface area contributed by atoms with Gasteiger partial charge in [-0.25, -0.2) is 4.79 Å². The molecule has 4 aliphatic rings. The Labute approximate surface area is 376 Å². The molecular formula is C52H63N3O9. The number of hydrogen-bond acceptors (Lipinski definition) is 11. The molecule has 3 heterocycles. The predicted molar refractivity (Wildman–Crippen MR) is 245 cm³/mol. The first-order valence-corrected chi connectivity index (χ1v) is 23.1. The second-order valence-corrected chi connectivity index (χ2v) is 17.5. The summed E-state index contributed by atoms with van der Waals surface area (Å²) >= 11 is 0. The Bertz CT molecular complexity index is 2290. The average Bonchev–Trinajstić information content (AvgIpc) is 3.32. The first kappa shape index (κ1) is 45.3. The normalized spacial score (nSPS) is 25.4. The van der Waals surface area contributed by atoms with Crippen molar-refractivity contribution in [3.8, 4) is 11.5 Å². The third kappa shape index (κ3) is 9.71. The molecular weight excluding hydrogens is 811 g/mol. The standard InChI is InChI=1S/C52H63N3O9/c1-4-28-62-52-47(55(51(58)59-3)33-38-19-14-18-36-16-5-6-21-41(36)38)32-45(54-64-48-23-9-12-29-60-48)43-30-37(17-7-10-26-56)42(22-8-11-27-57)49(50(43)52)44-31-40(24-25-46(44)63-52)61-34-39-20-13-15-35(2)53-39/h4-6,13-16,18-21,24-25,30-31,37,42,47-50,56-57H,1,7-12,17,22-23,26-29,32-34H2,2-3H3. The van der Waals surface area contributed by atoms with Crippen LogP contribution < -0.4 is 9.47 Å². The molecule has 0 spiro atoms. The number of aliphatic hydroxyl groups is 2. The predicted octanol–water partition coefficient (Wildman–Crippen LogP) is 9.55. The lowest BCUT2D eigenvalue weighted by Gasteiger charge is -2.59. The molecule has 2 aliphatic carbocycles. The molecule has 2 fully saturated rings. The van der Waals surface area contributed by atoms with Gasteiger partial charge in [0, 0.05) is 43.2 Å². The lowest BCUT2D eigenvalue weighted by Crippen LogP contribution is -2.70. The van der Waals surface area contributed by atoms with Crippen molar-refractivity contribution < 1.29 is 43.5 Å². The van der Waals surface area contributed by atoms with Crippen LogP contribution in [0, 0.1) is 24.7 Å². The number of amides is 1. The van der Waals surface area contributed by atoms with Gasteiger partial charge in [0.2, 0.25) is 12.1 Å². The lowest BCUT2D eigenvalue weighted by atomic mass is 9.55. The van der Waals surface area contributed by atoms with E-state index >= 15 is 0 Å². The Balaban J connectivity index is 1.32. The summed E-state index contributed by atoms with van der Waals surface area (Å²) < 4.78 is 32.8. The van der Waals surface area contributed by atoms with Crippen LogP contribution in [0.5, 0.6) is 11.5 Å². The van der Waals surface area contributed by atoms with Gasteiger partial charge < -0.3 is 38.7 Å². The number of aryl methyl sites for hydroxylation is 1. The fraction of sp³-hybridized carbons (Fsp3) is 0.481. The van der Waals surface area contributed by atoms with E-state index in [1.807, 2.05) is 61.5 Å². The number of nitrogens with zero attached hydrogens (tertiary/aromatic N) is 3. The maximum atomic E-state index is 14.5. The van der Waals surface area contributed by atoms with Crippen LogP contribution in [0.15, 0.2) is 108 Å². The second kappa shape index (κ2) is 21.1. The van der Waals surface area contributed by atoms with Crippen LogP contribution in [0.3, 0.4) is 0 Å². The molecule has 1 saturated heterocycles. The van der Waals surface area contributed by atoms with Gasteiger partial charge in [0.05, 0.1) is 44.2 Å². The second-order valence-electron chi connectivity index (χ2n) is 17.5. The summed E-state index contributed by atoms with van der Waals surface area (Å²) in [7, 11) is 1.41. The summed E-state index contributed by atoms with van der Waals surface area (Å²) in [5.74, 6) is -0.715. The maximum Gasteiger partial charge on any atom is 0.410 e. The first-order chi connectivity index (χ1) is 31.4. The Morgan fingerprint density at radius 3 is 2.59 bits per heavy atom. The Kier molecular flexibility index (Phi) is 15.0. The van der Waals surface area contributed by atoms with Crippen LogP contribution in [0.2, 0.25) is 0 Å². The number of ether oxygens (including phenoxy) is 5. The van der Waals surface area contributed by atoms with Crippen molar-refractivity contribution in [2.45, 2.75) is 108 Å². The van der Waals surface area contributed by atoms with E-state index in [0.29, 0.717) is 43.3 Å². The Morgan fingerprint density at radius 2 is 1.81 bits per heavy atom. The van der Waals surface area contributed by atoms with E-state index < -0.39 is 30.1 Å². The van der Waals surface area contributed by atoms with Crippen molar-refractivity contribution in [1.29, 1.82) is 0 Å². The summed E-state index contributed by atoms with van der Waals surface area (Å²) in [6, 6.07) is 25.4. The number of aliphatic hydroxyl groups excluding tert-OH is 2. The highest BCUT2D eigenvalue weighted by molar-refractivity contribution is 6.03. The number of pyridine rings is 1. The molecule has 1 saturated carbocycles. The van der Waals surface area contributed by atoms with Crippen molar-refractivity contribution in [2.24, 2.45) is 22.9 Å². The zero-order chi connectivity index (χ0) is 44.5. The van der Waals surface area contributed by atoms with Gasteiger partial charge in [0.1, 0.15) is 24.1 Å². The molecule has 1 amide bonds. The molecule has 3 aromatic carbocycles. The van der Waals surface area contributed by atoms with Crippen molar-refractivity contribution in [1.82, 2.24) is 9.88 Å². The minimum absolute atomic E-state index is 0.0503. The van der Waals surface area contributed by atoms with Crippen LogP contribution in [0.4, 0.5) is 4.79 Å². The molecule has 8 rings (SSSR count). The number of methoxy groups -OCH3 is 1. The molecule has 4 aromatic rings. The largest absolute Gasteiger partial charge is 0.487 e. The smallest absolute Gasteiger partial charge is 0.410 e. The number of carbonyl (C=O) groups excluding carboxylic acids is 1. The first-order valence-electron chi connectivity index (χ1n) is 23.1. The Hall–Kier alpha value is -5.27. The lowest BCUT2D eigenvalue weighted by molar-refractivity contribution is -0.256. The van der Waals surface area contributed by atoms with E-state index in [1.54, 1.807) is 11.0 Å². The molecule has 12 heteroatoms. The molecule has 2 N–H and O–H groups in total. The Morgan fingerprint density at radius 1 is 1.00 bits per heavy atom. The third-order valence-corrected chi connectivity index (χ3v) is 13.4. The van der Waals surface area contributed by atoms with Crippen molar-refractivity contribution >= 4 is 22.6 Å².